The van der Waals surface area contributed by atoms with Crippen molar-refractivity contribution in [1.82, 2.24) is 10.6 Å². The second kappa shape index (κ2) is 9.78. The summed E-state index contributed by atoms with van der Waals surface area (Å²) in [5, 5.41) is 23.1. The Balaban J connectivity index is 2.39. The number of urea groups is 1. The number of aliphatic carboxylic acids is 2. The zero-order valence-electron chi connectivity index (χ0n) is 14.3. The summed E-state index contributed by atoms with van der Waals surface area (Å²) >= 11 is 0. The van der Waals surface area contributed by atoms with Crippen LogP contribution in [0.15, 0.2) is 4.99 Å². The molecule has 0 aromatic carbocycles. The quantitative estimate of drug-likeness (QED) is 0.358. The molecule has 1 aliphatic carbocycles. The van der Waals surface area contributed by atoms with Gasteiger partial charge in [0.05, 0.1) is 18.4 Å². The first-order chi connectivity index (χ1) is 11.8. The van der Waals surface area contributed by atoms with Gasteiger partial charge in [0.25, 0.3) is 0 Å². The summed E-state index contributed by atoms with van der Waals surface area (Å²) in [4.78, 5) is 47.7. The summed E-state index contributed by atoms with van der Waals surface area (Å²) in [6.45, 7) is 1.90. The van der Waals surface area contributed by atoms with Crippen molar-refractivity contribution in [3.63, 3.8) is 0 Å². The normalized spacial score (nSPS) is 22.1. The van der Waals surface area contributed by atoms with Gasteiger partial charge < -0.3 is 20.8 Å². The van der Waals surface area contributed by atoms with Crippen LogP contribution in [0.5, 0.6) is 0 Å². The third-order valence-corrected chi connectivity index (χ3v) is 4.55. The second-order valence-corrected chi connectivity index (χ2v) is 6.83. The average molecular weight is 355 g/mol. The Hall–Kier alpha value is -2.41. The van der Waals surface area contributed by atoms with Gasteiger partial charge in [0.1, 0.15) is 0 Å². The van der Waals surface area contributed by atoms with Gasteiger partial charge in [-0.25, -0.2) is 14.6 Å². The van der Waals surface area contributed by atoms with Crippen LogP contribution in [0.4, 0.5) is 4.79 Å². The van der Waals surface area contributed by atoms with Crippen molar-refractivity contribution in [2.45, 2.75) is 39.0 Å². The predicted molar refractivity (Wildman–Crippen MR) is 87.8 cm³/mol. The topological polar surface area (TPSA) is 145 Å². The maximum absolute atomic E-state index is 11.9. The van der Waals surface area contributed by atoms with E-state index in [0.29, 0.717) is 19.0 Å². The highest BCUT2D eigenvalue weighted by Gasteiger charge is 2.36. The molecule has 1 rings (SSSR count). The van der Waals surface area contributed by atoms with Gasteiger partial charge in [-0.15, -0.1) is 0 Å². The Morgan fingerprint density at radius 1 is 1.20 bits per heavy atom. The minimum Gasteiger partial charge on any atom is -0.481 e. The van der Waals surface area contributed by atoms with E-state index < -0.39 is 29.8 Å². The van der Waals surface area contributed by atoms with Crippen LogP contribution >= 0.6 is 0 Å². The molecule has 0 saturated heterocycles. The van der Waals surface area contributed by atoms with Crippen LogP contribution in [0.2, 0.25) is 0 Å². The largest absolute Gasteiger partial charge is 0.481 e. The van der Waals surface area contributed by atoms with Crippen molar-refractivity contribution >= 4 is 24.0 Å². The van der Waals surface area contributed by atoms with E-state index in [2.05, 4.69) is 15.6 Å². The smallest absolute Gasteiger partial charge is 0.314 e. The molecular weight excluding hydrogens is 330 g/mol. The minimum absolute atomic E-state index is 0.274. The number of carboxylic acid groups (broad SMARTS) is 2. The highest BCUT2D eigenvalue weighted by atomic mass is 16.4. The molecule has 9 heteroatoms. The molecular formula is C16H25N3O6. The first-order valence-electron chi connectivity index (χ1n) is 8.27. The minimum atomic E-state index is -1.56. The lowest BCUT2D eigenvalue weighted by Crippen LogP contribution is -2.46. The maximum Gasteiger partial charge on any atom is 0.314 e. The number of isocyanates is 1. The lowest BCUT2D eigenvalue weighted by Gasteiger charge is -2.28. The molecule has 3 unspecified atom stereocenters. The number of hydrogen-bond acceptors (Lipinski definition) is 5. The Labute approximate surface area is 145 Å². The highest BCUT2D eigenvalue weighted by molar-refractivity contribution is 5.82. The Morgan fingerprint density at radius 2 is 1.88 bits per heavy atom. The first-order valence-corrected chi connectivity index (χ1v) is 8.27. The monoisotopic (exact) mass is 355 g/mol. The van der Waals surface area contributed by atoms with Crippen molar-refractivity contribution in [1.29, 1.82) is 0 Å². The Kier molecular flexibility index (Phi) is 8.07. The van der Waals surface area contributed by atoms with E-state index in [4.69, 9.17) is 10.2 Å². The number of rotatable bonds is 9. The summed E-state index contributed by atoms with van der Waals surface area (Å²) < 4.78 is 0. The van der Waals surface area contributed by atoms with Gasteiger partial charge in [0, 0.05) is 13.1 Å². The van der Waals surface area contributed by atoms with Crippen molar-refractivity contribution in [3.05, 3.63) is 0 Å². The van der Waals surface area contributed by atoms with Gasteiger partial charge in [-0.2, -0.15) is 0 Å². The Bertz CT molecular complexity index is 546. The van der Waals surface area contributed by atoms with Crippen molar-refractivity contribution in [3.8, 4) is 0 Å². The molecule has 1 saturated carbocycles. The van der Waals surface area contributed by atoms with Gasteiger partial charge in [0.2, 0.25) is 6.08 Å². The summed E-state index contributed by atoms with van der Waals surface area (Å²) in [6.07, 6.45) is 4.79. The summed E-state index contributed by atoms with van der Waals surface area (Å²) in [5.74, 6) is -1.92. The summed E-state index contributed by atoms with van der Waals surface area (Å²) in [7, 11) is 0. The Morgan fingerprint density at radius 3 is 2.48 bits per heavy atom. The molecule has 140 valence electrons. The van der Waals surface area contributed by atoms with E-state index in [1.165, 1.54) is 13.0 Å². The number of carbonyl (C=O) groups excluding carboxylic acids is 2. The van der Waals surface area contributed by atoms with Gasteiger partial charge in [0.15, 0.2) is 0 Å². The number of aliphatic imine (C=N–C) groups is 1. The van der Waals surface area contributed by atoms with E-state index in [1.807, 2.05) is 0 Å². The van der Waals surface area contributed by atoms with Crippen LogP contribution in [0, 0.1) is 17.3 Å². The molecule has 9 nitrogen and oxygen atoms in total. The van der Waals surface area contributed by atoms with Crippen LogP contribution in [0.25, 0.3) is 0 Å². The highest BCUT2D eigenvalue weighted by Crippen LogP contribution is 2.28. The fourth-order valence-electron chi connectivity index (χ4n) is 3.04. The molecule has 25 heavy (non-hydrogen) atoms. The van der Waals surface area contributed by atoms with E-state index in [9.17, 15) is 19.2 Å². The zero-order valence-corrected chi connectivity index (χ0v) is 14.3. The van der Waals surface area contributed by atoms with E-state index in [-0.39, 0.29) is 12.5 Å². The number of carbonyl (C=O) groups is 3. The molecule has 1 fully saturated rings. The van der Waals surface area contributed by atoms with Gasteiger partial charge in [-0.3, -0.25) is 9.59 Å². The molecule has 0 heterocycles. The number of hydrogen-bond donors (Lipinski definition) is 4. The predicted octanol–water partition coefficient (Wildman–Crippen LogP) is 0.993. The lowest BCUT2D eigenvalue weighted by atomic mass is 9.81. The number of carboxylic acids is 2. The number of nitrogens with one attached hydrogen (secondary N) is 2. The van der Waals surface area contributed by atoms with E-state index in [0.717, 1.165) is 25.7 Å². The average Bonchev–Trinajstić information content (AvgIpc) is 2.56. The lowest BCUT2D eigenvalue weighted by molar-refractivity contribution is -0.154. The molecule has 0 bridgehead atoms. The molecule has 0 radical (unpaired) electrons. The van der Waals surface area contributed by atoms with Crippen molar-refractivity contribution in [2.24, 2.45) is 22.2 Å². The standard InChI is InChI=1S/C16H25N3O6/c1-16(14(23)24,6-13(21)22)9-19-15(25)18-8-12-4-2-3-11(5-12)7-17-10-20/h11-12H,2-9H2,1H3,(H,21,22)(H,23,24)(H2,18,19,25). The van der Waals surface area contributed by atoms with Crippen molar-refractivity contribution < 1.29 is 29.4 Å². The van der Waals surface area contributed by atoms with Crippen LogP contribution < -0.4 is 10.6 Å². The molecule has 2 amide bonds. The number of amides is 2. The molecule has 4 N–H and O–H groups in total. The number of nitrogens with zero attached hydrogens (tertiary/aromatic N) is 1. The van der Waals surface area contributed by atoms with Crippen LogP contribution in [-0.4, -0.2) is 53.9 Å². The van der Waals surface area contributed by atoms with Crippen molar-refractivity contribution in [2.75, 3.05) is 19.6 Å². The maximum atomic E-state index is 11.9. The van der Waals surface area contributed by atoms with E-state index >= 15 is 0 Å². The van der Waals surface area contributed by atoms with Gasteiger partial charge in [-0.1, -0.05) is 6.42 Å². The molecule has 3 atom stereocenters. The third-order valence-electron chi connectivity index (χ3n) is 4.55. The fraction of sp³-hybridized carbons (Fsp3) is 0.750. The molecule has 0 aliphatic heterocycles. The second-order valence-electron chi connectivity index (χ2n) is 6.83. The SMILES string of the molecule is CC(CNC(=O)NCC1CCCC(CN=C=O)C1)(CC(=O)O)C(=O)O. The molecule has 0 aromatic heterocycles. The van der Waals surface area contributed by atoms with Gasteiger partial charge >= 0.3 is 18.0 Å². The van der Waals surface area contributed by atoms with Crippen LogP contribution in [-0.2, 0) is 14.4 Å². The summed E-state index contributed by atoms with van der Waals surface area (Å²) in [5.41, 5.74) is -1.56. The van der Waals surface area contributed by atoms with Crippen LogP contribution in [0.1, 0.15) is 39.0 Å². The van der Waals surface area contributed by atoms with Gasteiger partial charge in [-0.05, 0) is 38.0 Å². The molecule has 1 aliphatic rings. The van der Waals surface area contributed by atoms with Crippen LogP contribution in [0.3, 0.4) is 0 Å². The zero-order chi connectivity index (χ0) is 18.9. The van der Waals surface area contributed by atoms with E-state index in [1.54, 1.807) is 0 Å². The fourth-order valence-corrected chi connectivity index (χ4v) is 3.04. The summed E-state index contributed by atoms with van der Waals surface area (Å²) in [6, 6.07) is -0.522. The third kappa shape index (κ3) is 7.34. The molecule has 0 spiro atoms. The molecule has 0 aromatic rings. The first kappa shape index (κ1) is 20.6.